The summed E-state index contributed by atoms with van der Waals surface area (Å²) < 4.78 is 13.5. The van der Waals surface area contributed by atoms with E-state index in [4.69, 9.17) is 0 Å². The SMILES string of the molecule is C=C(C)C(=O)OC.C=C(C)C(=O)OCC.C=CC(=O)OCCCC. The van der Waals surface area contributed by atoms with Crippen LogP contribution in [0.5, 0.6) is 0 Å². The molecular weight excluding hydrogens is 312 g/mol. The van der Waals surface area contributed by atoms with Crippen molar-refractivity contribution in [3.8, 4) is 0 Å². The van der Waals surface area contributed by atoms with Crippen LogP contribution in [0.15, 0.2) is 37.0 Å². The lowest BCUT2D eigenvalue weighted by atomic mass is 10.4. The van der Waals surface area contributed by atoms with Crippen molar-refractivity contribution in [2.24, 2.45) is 0 Å². The number of carbonyl (C=O) groups excluding carboxylic acids is 3. The van der Waals surface area contributed by atoms with Crippen molar-refractivity contribution < 1.29 is 28.6 Å². The molecule has 0 N–H and O–H groups in total. The highest BCUT2D eigenvalue weighted by Crippen LogP contribution is 1.90. The Labute approximate surface area is 145 Å². The molecule has 0 radical (unpaired) electrons. The van der Waals surface area contributed by atoms with Gasteiger partial charge in [0.05, 0.1) is 20.3 Å². The molecule has 0 aromatic carbocycles. The van der Waals surface area contributed by atoms with Gasteiger partial charge in [-0.25, -0.2) is 14.4 Å². The summed E-state index contributed by atoms with van der Waals surface area (Å²) in [7, 11) is 1.33. The highest BCUT2D eigenvalue weighted by atomic mass is 16.5. The highest BCUT2D eigenvalue weighted by molar-refractivity contribution is 5.87. The number of esters is 3. The molecule has 0 spiro atoms. The largest absolute Gasteiger partial charge is 0.466 e. The predicted molar refractivity (Wildman–Crippen MR) is 94.3 cm³/mol. The summed E-state index contributed by atoms with van der Waals surface area (Å²) in [6.07, 6.45) is 3.15. The number of methoxy groups -OCH3 is 1. The number of rotatable bonds is 7. The van der Waals surface area contributed by atoms with E-state index >= 15 is 0 Å². The van der Waals surface area contributed by atoms with Crippen LogP contribution in [0.2, 0.25) is 0 Å². The lowest BCUT2D eigenvalue weighted by Gasteiger charge is -1.97. The Bertz CT molecular complexity index is 423. The van der Waals surface area contributed by atoms with Crippen molar-refractivity contribution in [2.75, 3.05) is 20.3 Å². The monoisotopic (exact) mass is 342 g/mol. The van der Waals surface area contributed by atoms with Crippen LogP contribution in [0, 0.1) is 0 Å². The zero-order valence-electron chi connectivity index (χ0n) is 15.5. The maximum absolute atomic E-state index is 10.4. The molecule has 0 aliphatic rings. The van der Waals surface area contributed by atoms with Crippen LogP contribution in [0.25, 0.3) is 0 Å². The summed E-state index contributed by atoms with van der Waals surface area (Å²) >= 11 is 0. The van der Waals surface area contributed by atoms with Gasteiger partial charge in [-0.3, -0.25) is 0 Å². The van der Waals surface area contributed by atoms with E-state index in [9.17, 15) is 14.4 Å². The summed E-state index contributed by atoms with van der Waals surface area (Å²) in [5, 5.41) is 0. The minimum atomic E-state index is -0.347. The third-order valence-corrected chi connectivity index (χ3v) is 2.07. The molecule has 24 heavy (non-hydrogen) atoms. The fourth-order valence-corrected chi connectivity index (χ4v) is 0.805. The number of hydrogen-bond donors (Lipinski definition) is 0. The van der Waals surface area contributed by atoms with Crippen molar-refractivity contribution >= 4 is 17.9 Å². The first-order valence-corrected chi connectivity index (χ1v) is 7.53. The molecule has 0 saturated carbocycles. The van der Waals surface area contributed by atoms with Crippen molar-refractivity contribution in [3.05, 3.63) is 37.0 Å². The van der Waals surface area contributed by atoms with Crippen molar-refractivity contribution in [1.29, 1.82) is 0 Å². The molecule has 0 heterocycles. The maximum Gasteiger partial charge on any atom is 0.333 e. The standard InChI is InChI=1S/C7H12O2.C6H10O2.C5H8O2/c1-3-5-6-9-7(8)4-2;1-4-8-6(7)5(2)3;1-4(2)5(6)7-3/h4H,2-3,5-6H2,1H3;2,4H2,1,3H3;1H2,2-3H3. The van der Waals surface area contributed by atoms with Crippen molar-refractivity contribution in [1.82, 2.24) is 0 Å². The highest BCUT2D eigenvalue weighted by Gasteiger charge is 1.98. The summed E-state index contributed by atoms with van der Waals surface area (Å²) in [4.78, 5) is 31.0. The van der Waals surface area contributed by atoms with E-state index in [-0.39, 0.29) is 17.9 Å². The normalized spacial score (nSPS) is 8.21. The molecule has 0 aromatic rings. The summed E-state index contributed by atoms with van der Waals surface area (Å²) in [6.45, 7) is 18.0. The maximum atomic E-state index is 10.4. The molecule has 0 aliphatic carbocycles. The zero-order chi connectivity index (χ0) is 19.5. The average Bonchev–Trinajstić information content (AvgIpc) is 2.55. The Hall–Kier alpha value is -2.37. The Morgan fingerprint density at radius 2 is 1.46 bits per heavy atom. The lowest BCUT2D eigenvalue weighted by molar-refractivity contribution is -0.139. The molecular formula is C18H30O6. The third kappa shape index (κ3) is 21.9. The second-order valence-corrected chi connectivity index (χ2v) is 4.50. The van der Waals surface area contributed by atoms with Crippen LogP contribution in [-0.4, -0.2) is 38.2 Å². The summed E-state index contributed by atoms with van der Waals surface area (Å²) in [5.41, 5.74) is 0.884. The Morgan fingerprint density at radius 1 is 0.958 bits per heavy atom. The van der Waals surface area contributed by atoms with Gasteiger partial charge in [0, 0.05) is 17.2 Å². The molecule has 0 amide bonds. The zero-order valence-corrected chi connectivity index (χ0v) is 15.5. The van der Waals surface area contributed by atoms with Gasteiger partial charge in [0.2, 0.25) is 0 Å². The molecule has 6 nitrogen and oxygen atoms in total. The molecule has 0 atom stereocenters. The van der Waals surface area contributed by atoms with Crippen molar-refractivity contribution in [3.63, 3.8) is 0 Å². The molecule has 0 saturated heterocycles. The van der Waals surface area contributed by atoms with Gasteiger partial charge < -0.3 is 14.2 Å². The molecule has 138 valence electrons. The van der Waals surface area contributed by atoms with Gasteiger partial charge in [-0.15, -0.1) is 0 Å². The summed E-state index contributed by atoms with van der Waals surface area (Å²) in [5.74, 6) is -0.990. The van der Waals surface area contributed by atoms with Crippen LogP contribution in [0.4, 0.5) is 0 Å². The van der Waals surface area contributed by atoms with Crippen molar-refractivity contribution in [2.45, 2.75) is 40.5 Å². The second-order valence-electron chi connectivity index (χ2n) is 4.50. The van der Waals surface area contributed by atoms with Gasteiger partial charge in [0.1, 0.15) is 0 Å². The molecule has 0 fully saturated rings. The first-order valence-electron chi connectivity index (χ1n) is 7.53. The Morgan fingerprint density at radius 3 is 1.67 bits per heavy atom. The first kappa shape index (κ1) is 26.5. The van der Waals surface area contributed by atoms with Gasteiger partial charge in [0.15, 0.2) is 0 Å². The Balaban J connectivity index is -0.000000278. The fraction of sp³-hybridized carbons (Fsp3) is 0.500. The van der Waals surface area contributed by atoms with E-state index in [0.29, 0.717) is 24.4 Å². The summed E-state index contributed by atoms with van der Waals surface area (Å²) in [6, 6.07) is 0. The molecule has 0 aromatic heterocycles. The van der Waals surface area contributed by atoms with Crippen LogP contribution < -0.4 is 0 Å². The smallest absolute Gasteiger partial charge is 0.333 e. The number of ether oxygens (including phenoxy) is 3. The molecule has 6 heteroatoms. The van der Waals surface area contributed by atoms with E-state index < -0.39 is 0 Å². The topological polar surface area (TPSA) is 78.9 Å². The van der Waals surface area contributed by atoms with Crippen LogP contribution in [0.3, 0.4) is 0 Å². The number of hydrogen-bond acceptors (Lipinski definition) is 6. The molecule has 0 bridgehead atoms. The van der Waals surface area contributed by atoms with Crippen LogP contribution >= 0.6 is 0 Å². The van der Waals surface area contributed by atoms with Gasteiger partial charge in [0.25, 0.3) is 0 Å². The molecule has 0 rings (SSSR count). The van der Waals surface area contributed by atoms with Crippen LogP contribution in [0.1, 0.15) is 40.5 Å². The second kappa shape index (κ2) is 18.7. The lowest BCUT2D eigenvalue weighted by Crippen LogP contribution is -2.03. The van der Waals surface area contributed by atoms with E-state index in [1.165, 1.54) is 13.2 Å². The van der Waals surface area contributed by atoms with E-state index in [1.54, 1.807) is 20.8 Å². The van der Waals surface area contributed by atoms with Gasteiger partial charge in [-0.2, -0.15) is 0 Å². The molecule has 0 aliphatic heterocycles. The first-order chi connectivity index (χ1) is 11.2. The number of carbonyl (C=O) groups is 3. The van der Waals surface area contributed by atoms with Crippen LogP contribution in [-0.2, 0) is 28.6 Å². The Kier molecular flexibility index (Phi) is 20.6. The predicted octanol–water partition coefficient (Wildman–Crippen LogP) is 3.38. The average molecular weight is 342 g/mol. The third-order valence-electron chi connectivity index (χ3n) is 2.07. The fourth-order valence-electron chi connectivity index (χ4n) is 0.805. The van der Waals surface area contributed by atoms with Gasteiger partial charge >= 0.3 is 17.9 Å². The number of unbranched alkanes of at least 4 members (excludes halogenated alkanes) is 1. The minimum Gasteiger partial charge on any atom is -0.466 e. The molecule has 0 unspecified atom stereocenters. The minimum absolute atomic E-state index is 0.312. The van der Waals surface area contributed by atoms with E-state index in [1.807, 2.05) is 6.92 Å². The van der Waals surface area contributed by atoms with E-state index in [0.717, 1.165) is 12.8 Å². The van der Waals surface area contributed by atoms with Gasteiger partial charge in [-0.1, -0.05) is 33.1 Å². The van der Waals surface area contributed by atoms with Gasteiger partial charge in [-0.05, 0) is 27.2 Å². The van der Waals surface area contributed by atoms with E-state index in [2.05, 4.69) is 33.9 Å². The quantitative estimate of drug-likeness (QED) is 0.305.